The Morgan fingerprint density at radius 1 is 1.09 bits per heavy atom. The third-order valence-electron chi connectivity index (χ3n) is 9.05. The molecule has 6 atom stereocenters. The molecular weight excluding hydrogens is 402 g/mol. The SMILES string of the molecule is C=CC(NC(CN1CCC(N2CCC(C3=CCCC=C3)C2)C1)C(C)C)C1=CCC(C)C(C)C1. The van der Waals surface area contributed by atoms with Gasteiger partial charge in [-0.3, -0.25) is 4.90 Å². The molecule has 4 rings (SSSR count). The van der Waals surface area contributed by atoms with Crippen molar-refractivity contribution in [2.24, 2.45) is 23.7 Å². The first-order chi connectivity index (χ1) is 15.9. The molecule has 0 aromatic carbocycles. The lowest BCUT2D eigenvalue weighted by molar-refractivity contribution is 0.207. The van der Waals surface area contributed by atoms with Crippen LogP contribution in [-0.4, -0.2) is 60.6 Å². The van der Waals surface area contributed by atoms with Gasteiger partial charge < -0.3 is 10.2 Å². The Balaban J connectivity index is 1.29. The molecule has 0 spiro atoms. The zero-order valence-electron chi connectivity index (χ0n) is 21.8. The second-order valence-electron chi connectivity index (χ2n) is 11.8. The van der Waals surface area contributed by atoms with Gasteiger partial charge >= 0.3 is 0 Å². The van der Waals surface area contributed by atoms with Crippen LogP contribution in [0, 0.1) is 23.7 Å². The molecule has 0 aromatic heterocycles. The number of likely N-dealkylation sites (tertiary alicyclic amines) is 2. The van der Waals surface area contributed by atoms with Gasteiger partial charge in [-0.25, -0.2) is 0 Å². The first-order valence-corrected chi connectivity index (χ1v) is 13.8. The quantitative estimate of drug-likeness (QED) is 0.446. The summed E-state index contributed by atoms with van der Waals surface area (Å²) in [6.45, 7) is 19.9. The average Bonchev–Trinajstić information content (AvgIpc) is 3.49. The maximum Gasteiger partial charge on any atom is 0.0465 e. The smallest absolute Gasteiger partial charge is 0.0465 e. The van der Waals surface area contributed by atoms with E-state index in [4.69, 9.17) is 0 Å². The molecule has 2 saturated heterocycles. The Bertz CT molecular complexity index is 748. The van der Waals surface area contributed by atoms with Crippen LogP contribution in [0.2, 0.25) is 0 Å². The van der Waals surface area contributed by atoms with E-state index < -0.39 is 0 Å². The predicted molar refractivity (Wildman–Crippen MR) is 142 cm³/mol. The molecule has 0 saturated carbocycles. The molecule has 2 fully saturated rings. The third-order valence-corrected chi connectivity index (χ3v) is 9.05. The Morgan fingerprint density at radius 3 is 2.64 bits per heavy atom. The van der Waals surface area contributed by atoms with Crippen molar-refractivity contribution in [2.75, 3.05) is 32.7 Å². The molecule has 6 unspecified atom stereocenters. The van der Waals surface area contributed by atoms with Crippen LogP contribution in [0.5, 0.6) is 0 Å². The van der Waals surface area contributed by atoms with Crippen molar-refractivity contribution in [1.82, 2.24) is 15.1 Å². The summed E-state index contributed by atoms with van der Waals surface area (Å²) < 4.78 is 0. The first-order valence-electron chi connectivity index (χ1n) is 13.8. The third kappa shape index (κ3) is 6.29. The maximum atomic E-state index is 4.20. The highest BCUT2D eigenvalue weighted by molar-refractivity contribution is 5.26. The van der Waals surface area contributed by atoms with Crippen molar-refractivity contribution >= 4 is 0 Å². The highest BCUT2D eigenvalue weighted by Crippen LogP contribution is 2.32. The molecule has 184 valence electrons. The zero-order chi connectivity index (χ0) is 23.4. The fourth-order valence-electron chi connectivity index (χ4n) is 6.37. The first kappa shape index (κ1) is 24.9. The van der Waals surface area contributed by atoms with Crippen molar-refractivity contribution < 1.29 is 0 Å². The van der Waals surface area contributed by atoms with E-state index in [0.29, 0.717) is 18.0 Å². The van der Waals surface area contributed by atoms with Crippen LogP contribution in [0.1, 0.15) is 66.2 Å². The predicted octanol–water partition coefficient (Wildman–Crippen LogP) is 5.82. The normalized spacial score (nSPS) is 33.2. The van der Waals surface area contributed by atoms with E-state index in [9.17, 15) is 0 Å². The lowest BCUT2D eigenvalue weighted by Gasteiger charge is -2.34. The molecular formula is C30H49N3. The Morgan fingerprint density at radius 2 is 1.94 bits per heavy atom. The Hall–Kier alpha value is -1.16. The molecule has 3 nitrogen and oxygen atoms in total. The van der Waals surface area contributed by atoms with Crippen LogP contribution in [0.3, 0.4) is 0 Å². The van der Waals surface area contributed by atoms with Crippen LogP contribution in [0.15, 0.2) is 48.1 Å². The summed E-state index contributed by atoms with van der Waals surface area (Å²) in [6, 6.07) is 1.57. The van der Waals surface area contributed by atoms with Gasteiger partial charge in [0.25, 0.3) is 0 Å². The summed E-state index contributed by atoms with van der Waals surface area (Å²) in [6.07, 6.45) is 19.5. The average molecular weight is 452 g/mol. The summed E-state index contributed by atoms with van der Waals surface area (Å²) in [5, 5.41) is 4.01. The van der Waals surface area contributed by atoms with E-state index in [0.717, 1.165) is 30.3 Å². The largest absolute Gasteiger partial charge is 0.303 e. The van der Waals surface area contributed by atoms with Gasteiger partial charge in [0.1, 0.15) is 0 Å². The van der Waals surface area contributed by atoms with Crippen molar-refractivity contribution in [1.29, 1.82) is 0 Å². The number of hydrogen-bond donors (Lipinski definition) is 1. The molecule has 0 radical (unpaired) electrons. The number of nitrogens with zero attached hydrogens (tertiary/aromatic N) is 2. The molecule has 0 aromatic rings. The van der Waals surface area contributed by atoms with Gasteiger partial charge in [0.15, 0.2) is 0 Å². The standard InChI is InChI=1S/C30H49N3/c1-6-29(26-13-12-23(4)24(5)18-26)31-30(22(2)3)21-32-16-15-28(20-32)33-17-14-27(19-33)25-10-8-7-9-11-25/h6,8,10-11,13,22-24,27-31H,1,7,9,12,14-21H2,2-5H3. The number of allylic oxidation sites excluding steroid dienone is 4. The van der Waals surface area contributed by atoms with Gasteiger partial charge in [-0.1, -0.05) is 63.6 Å². The van der Waals surface area contributed by atoms with E-state index in [1.807, 2.05) is 0 Å². The Labute approximate surface area is 204 Å². The maximum absolute atomic E-state index is 4.20. The Kier molecular flexibility index (Phi) is 8.70. The van der Waals surface area contributed by atoms with E-state index in [-0.39, 0.29) is 0 Å². The minimum absolute atomic E-state index is 0.321. The van der Waals surface area contributed by atoms with Crippen LogP contribution in [0.25, 0.3) is 0 Å². The summed E-state index contributed by atoms with van der Waals surface area (Å²) in [5.41, 5.74) is 3.17. The summed E-state index contributed by atoms with van der Waals surface area (Å²) in [4.78, 5) is 5.53. The highest BCUT2D eigenvalue weighted by Gasteiger charge is 2.35. The van der Waals surface area contributed by atoms with E-state index in [1.165, 1.54) is 64.7 Å². The van der Waals surface area contributed by atoms with Crippen LogP contribution in [0.4, 0.5) is 0 Å². The van der Waals surface area contributed by atoms with Gasteiger partial charge in [-0.05, 0) is 80.9 Å². The minimum Gasteiger partial charge on any atom is -0.303 e. The van der Waals surface area contributed by atoms with Crippen molar-refractivity contribution in [3.8, 4) is 0 Å². The summed E-state index contributed by atoms with van der Waals surface area (Å²) in [7, 11) is 0. The number of hydrogen-bond acceptors (Lipinski definition) is 3. The number of rotatable bonds is 9. The monoisotopic (exact) mass is 451 g/mol. The second-order valence-corrected chi connectivity index (χ2v) is 11.8. The summed E-state index contributed by atoms with van der Waals surface area (Å²) >= 11 is 0. The molecule has 2 heterocycles. The fourth-order valence-corrected chi connectivity index (χ4v) is 6.37. The molecule has 3 heteroatoms. The molecule has 0 bridgehead atoms. The lowest BCUT2D eigenvalue weighted by atomic mass is 9.79. The van der Waals surface area contributed by atoms with E-state index in [2.05, 4.69) is 79.8 Å². The molecule has 2 aliphatic carbocycles. The van der Waals surface area contributed by atoms with Crippen molar-refractivity contribution in [2.45, 2.75) is 84.3 Å². The van der Waals surface area contributed by atoms with Gasteiger partial charge in [0.2, 0.25) is 0 Å². The lowest BCUT2D eigenvalue weighted by Crippen LogP contribution is -2.49. The van der Waals surface area contributed by atoms with Crippen molar-refractivity contribution in [3.63, 3.8) is 0 Å². The molecule has 2 aliphatic heterocycles. The van der Waals surface area contributed by atoms with E-state index >= 15 is 0 Å². The van der Waals surface area contributed by atoms with Gasteiger partial charge in [-0.2, -0.15) is 0 Å². The second kappa shape index (κ2) is 11.5. The van der Waals surface area contributed by atoms with Crippen LogP contribution < -0.4 is 5.32 Å². The fraction of sp³-hybridized carbons (Fsp3) is 0.733. The molecule has 33 heavy (non-hydrogen) atoms. The van der Waals surface area contributed by atoms with E-state index in [1.54, 1.807) is 11.1 Å². The zero-order valence-corrected chi connectivity index (χ0v) is 21.8. The molecule has 0 amide bonds. The van der Waals surface area contributed by atoms with Crippen LogP contribution in [-0.2, 0) is 0 Å². The van der Waals surface area contributed by atoms with Gasteiger partial charge in [0.05, 0.1) is 0 Å². The molecule has 4 aliphatic rings. The molecule has 1 N–H and O–H groups in total. The van der Waals surface area contributed by atoms with Gasteiger partial charge in [-0.15, -0.1) is 6.58 Å². The minimum atomic E-state index is 0.321. The van der Waals surface area contributed by atoms with Gasteiger partial charge in [0, 0.05) is 37.8 Å². The van der Waals surface area contributed by atoms with Crippen molar-refractivity contribution in [3.05, 3.63) is 48.1 Å². The van der Waals surface area contributed by atoms with Crippen LogP contribution >= 0.6 is 0 Å². The number of nitrogens with one attached hydrogen (secondary N) is 1. The topological polar surface area (TPSA) is 18.5 Å². The highest BCUT2D eigenvalue weighted by atomic mass is 15.3. The summed E-state index contributed by atoms with van der Waals surface area (Å²) in [5.74, 6) is 2.96.